The second-order valence-corrected chi connectivity index (χ2v) is 6.47. The molecule has 0 aliphatic carbocycles. The molecule has 2 aromatic carbocycles. The van der Waals surface area contributed by atoms with Crippen molar-refractivity contribution in [1.82, 2.24) is 0 Å². The molecule has 2 rings (SSSR count). The number of ether oxygens (including phenoxy) is 1. The number of benzene rings is 2. The van der Waals surface area contributed by atoms with E-state index in [1.165, 1.54) is 0 Å². The third-order valence-corrected chi connectivity index (χ3v) is 4.73. The number of allylic oxidation sites excluding steroid dienone is 1. The summed E-state index contributed by atoms with van der Waals surface area (Å²) in [6, 6.07) is 14.1. The quantitative estimate of drug-likeness (QED) is 0.465. The van der Waals surface area contributed by atoms with Crippen molar-refractivity contribution in [1.29, 1.82) is 0 Å². The molecule has 0 atom stereocenters. The van der Waals surface area contributed by atoms with Crippen molar-refractivity contribution in [3.8, 4) is 11.5 Å². The van der Waals surface area contributed by atoms with Gasteiger partial charge in [-0.25, -0.2) is 0 Å². The topological polar surface area (TPSA) is 66.8 Å². The van der Waals surface area contributed by atoms with Gasteiger partial charge in [0.05, 0.1) is 0 Å². The van der Waals surface area contributed by atoms with Gasteiger partial charge in [0.1, 0.15) is 18.1 Å². The van der Waals surface area contributed by atoms with Crippen LogP contribution in [-0.4, -0.2) is 22.8 Å². The zero-order valence-corrected chi connectivity index (χ0v) is 15.4. The summed E-state index contributed by atoms with van der Waals surface area (Å²) in [5.41, 5.74) is 1.51. The molecule has 0 spiro atoms. The molecule has 0 aliphatic heterocycles. The highest BCUT2D eigenvalue weighted by atomic mass is 16.5. The molecule has 0 unspecified atom stereocenters. The first-order valence-corrected chi connectivity index (χ1v) is 8.98. The van der Waals surface area contributed by atoms with E-state index in [0.717, 1.165) is 24.0 Å². The fraction of sp³-hybridized carbons (Fsp3) is 0.261. The van der Waals surface area contributed by atoms with Crippen molar-refractivity contribution in [3.05, 3.63) is 85.0 Å². The third-order valence-electron chi connectivity index (χ3n) is 4.73. The molecular formula is C23H26O4. The minimum atomic E-state index is -0.469. The average molecular weight is 366 g/mol. The second kappa shape index (κ2) is 9.62. The molecule has 0 saturated heterocycles. The lowest BCUT2D eigenvalue weighted by atomic mass is 9.68. The Hall–Kier alpha value is -3.01. The van der Waals surface area contributed by atoms with E-state index < -0.39 is 5.41 Å². The number of hydrogen-bond acceptors (Lipinski definition) is 4. The maximum Gasteiger partial charge on any atom is 0.306 e. The minimum absolute atomic E-state index is 0.187. The van der Waals surface area contributed by atoms with E-state index in [9.17, 15) is 15.0 Å². The highest BCUT2D eigenvalue weighted by Gasteiger charge is 2.34. The van der Waals surface area contributed by atoms with E-state index in [-0.39, 0.29) is 30.5 Å². The van der Waals surface area contributed by atoms with Gasteiger partial charge in [-0.2, -0.15) is 0 Å². The molecule has 0 bridgehead atoms. The molecule has 2 aromatic rings. The smallest absolute Gasteiger partial charge is 0.306 e. The summed E-state index contributed by atoms with van der Waals surface area (Å²) in [4.78, 5) is 12.1. The molecule has 4 heteroatoms. The number of carbonyl (C=O) groups excluding carboxylic acids is 1. The summed E-state index contributed by atoms with van der Waals surface area (Å²) in [6.45, 7) is 7.58. The van der Waals surface area contributed by atoms with Gasteiger partial charge in [-0.3, -0.25) is 4.79 Å². The second-order valence-electron chi connectivity index (χ2n) is 6.47. The fourth-order valence-corrected chi connectivity index (χ4v) is 3.32. The van der Waals surface area contributed by atoms with Crippen LogP contribution in [-0.2, 0) is 14.9 Å². The zero-order chi connectivity index (χ0) is 19.7. The van der Waals surface area contributed by atoms with Crippen LogP contribution >= 0.6 is 0 Å². The average Bonchev–Trinajstić information content (AvgIpc) is 2.68. The van der Waals surface area contributed by atoms with Gasteiger partial charge in [0, 0.05) is 11.8 Å². The SMILES string of the molecule is C=CCCC(CCC(=O)OCC=C)(c1ccc(O)cc1)c1ccc(O)cc1. The van der Waals surface area contributed by atoms with Crippen LogP contribution in [0.25, 0.3) is 0 Å². The molecular weight excluding hydrogens is 340 g/mol. The Morgan fingerprint density at radius 1 is 0.889 bits per heavy atom. The standard InChI is InChI=1S/C23H26O4/c1-3-5-15-23(16-14-22(26)27-17-4-2,18-6-10-20(24)11-7-18)19-8-12-21(25)13-9-19/h3-4,6-13,24-25H,1-2,5,14-17H2. The lowest BCUT2D eigenvalue weighted by molar-refractivity contribution is -0.142. The predicted molar refractivity (Wildman–Crippen MR) is 107 cm³/mol. The first kappa shape index (κ1) is 20.3. The first-order chi connectivity index (χ1) is 13.0. The lowest BCUT2D eigenvalue weighted by Gasteiger charge is -2.35. The monoisotopic (exact) mass is 366 g/mol. The normalized spacial score (nSPS) is 11.0. The van der Waals surface area contributed by atoms with Gasteiger partial charge in [0.25, 0.3) is 0 Å². The van der Waals surface area contributed by atoms with Gasteiger partial charge in [0.2, 0.25) is 0 Å². The summed E-state index contributed by atoms with van der Waals surface area (Å²) in [5.74, 6) is 0.0929. The highest BCUT2D eigenvalue weighted by molar-refractivity contribution is 5.70. The summed E-state index contributed by atoms with van der Waals surface area (Å²) < 4.78 is 5.14. The van der Waals surface area contributed by atoms with Crippen LogP contribution in [0.3, 0.4) is 0 Å². The summed E-state index contributed by atoms with van der Waals surface area (Å²) in [5, 5.41) is 19.4. The molecule has 4 nitrogen and oxygen atoms in total. The number of phenolic OH excluding ortho intramolecular Hbond substituents is 2. The van der Waals surface area contributed by atoms with Crippen LogP contribution in [0.5, 0.6) is 11.5 Å². The van der Waals surface area contributed by atoms with Crippen LogP contribution < -0.4 is 0 Å². The molecule has 0 amide bonds. The fourth-order valence-electron chi connectivity index (χ4n) is 3.32. The lowest BCUT2D eigenvalue weighted by Crippen LogP contribution is -2.29. The summed E-state index contributed by atoms with van der Waals surface area (Å²) in [7, 11) is 0. The van der Waals surface area contributed by atoms with Crippen molar-refractivity contribution < 1.29 is 19.7 Å². The van der Waals surface area contributed by atoms with E-state index in [2.05, 4.69) is 13.2 Å². The number of phenols is 2. The molecule has 2 N–H and O–H groups in total. The number of carbonyl (C=O) groups is 1. The molecule has 0 heterocycles. The van der Waals surface area contributed by atoms with Crippen molar-refractivity contribution in [2.24, 2.45) is 0 Å². The Morgan fingerprint density at radius 3 is 1.85 bits per heavy atom. The Balaban J connectivity index is 2.45. The van der Waals surface area contributed by atoms with Crippen molar-refractivity contribution in [2.75, 3.05) is 6.61 Å². The van der Waals surface area contributed by atoms with E-state index in [4.69, 9.17) is 4.74 Å². The highest BCUT2D eigenvalue weighted by Crippen LogP contribution is 2.42. The van der Waals surface area contributed by atoms with Crippen molar-refractivity contribution >= 4 is 5.97 Å². The predicted octanol–water partition coefficient (Wildman–Crippen LogP) is 4.86. The Labute approximate surface area is 160 Å². The maximum absolute atomic E-state index is 12.1. The molecule has 0 saturated carbocycles. The van der Waals surface area contributed by atoms with Crippen LogP contribution in [0, 0.1) is 0 Å². The van der Waals surface area contributed by atoms with Crippen LogP contribution in [0.4, 0.5) is 0 Å². The number of rotatable bonds is 10. The van der Waals surface area contributed by atoms with Crippen LogP contribution in [0.1, 0.15) is 36.8 Å². The summed E-state index contributed by atoms with van der Waals surface area (Å²) in [6.07, 6.45) is 5.66. The van der Waals surface area contributed by atoms with E-state index in [0.29, 0.717) is 6.42 Å². The van der Waals surface area contributed by atoms with Gasteiger partial charge < -0.3 is 14.9 Å². The molecule has 0 aromatic heterocycles. The van der Waals surface area contributed by atoms with E-state index in [1.54, 1.807) is 30.3 Å². The molecule has 142 valence electrons. The Bertz CT molecular complexity index is 714. The van der Waals surface area contributed by atoms with Crippen molar-refractivity contribution in [3.63, 3.8) is 0 Å². The van der Waals surface area contributed by atoms with Gasteiger partial charge in [0.15, 0.2) is 0 Å². The van der Waals surface area contributed by atoms with Crippen LogP contribution in [0.15, 0.2) is 73.8 Å². The van der Waals surface area contributed by atoms with Gasteiger partial charge in [-0.15, -0.1) is 6.58 Å². The van der Waals surface area contributed by atoms with Crippen LogP contribution in [0.2, 0.25) is 0 Å². The number of aromatic hydroxyl groups is 2. The van der Waals surface area contributed by atoms with Gasteiger partial charge in [-0.05, 0) is 54.7 Å². The third kappa shape index (κ3) is 5.23. The molecule has 0 radical (unpaired) electrons. The van der Waals surface area contributed by atoms with E-state index in [1.807, 2.05) is 30.3 Å². The Kier molecular flexibility index (Phi) is 7.24. The van der Waals surface area contributed by atoms with Gasteiger partial charge in [-0.1, -0.05) is 43.0 Å². The largest absolute Gasteiger partial charge is 0.508 e. The maximum atomic E-state index is 12.1. The minimum Gasteiger partial charge on any atom is -0.508 e. The number of esters is 1. The van der Waals surface area contributed by atoms with Gasteiger partial charge >= 0.3 is 5.97 Å². The molecule has 0 aliphatic rings. The first-order valence-electron chi connectivity index (χ1n) is 8.98. The van der Waals surface area contributed by atoms with E-state index >= 15 is 0 Å². The molecule has 27 heavy (non-hydrogen) atoms. The summed E-state index contributed by atoms with van der Waals surface area (Å²) >= 11 is 0. The Morgan fingerprint density at radius 2 is 1.41 bits per heavy atom. The number of hydrogen-bond donors (Lipinski definition) is 2. The van der Waals surface area contributed by atoms with Crippen molar-refractivity contribution in [2.45, 2.75) is 31.1 Å². The zero-order valence-electron chi connectivity index (χ0n) is 15.4. The molecule has 0 fully saturated rings.